The molecular weight excluding hydrogens is 244 g/mol. The summed E-state index contributed by atoms with van der Waals surface area (Å²) < 4.78 is 22.1. The summed E-state index contributed by atoms with van der Waals surface area (Å²) in [6, 6.07) is 0. The van der Waals surface area contributed by atoms with E-state index in [-0.39, 0.29) is 12.6 Å². The van der Waals surface area contributed by atoms with Crippen molar-refractivity contribution in [2.45, 2.75) is 70.4 Å². The third kappa shape index (κ3) is 6.70. The highest BCUT2D eigenvalue weighted by molar-refractivity contribution is 4.55. The summed E-state index contributed by atoms with van der Waals surface area (Å²) in [6.45, 7) is 3.47. The van der Waals surface area contributed by atoms with Gasteiger partial charge in [-0.2, -0.15) is 0 Å². The first-order chi connectivity index (χ1) is 9.45. The number of unbranched alkanes of at least 4 members (excludes halogenated alkanes) is 4. The maximum absolute atomic E-state index is 5.53. The zero-order valence-electron chi connectivity index (χ0n) is 12.0. The molecule has 0 aromatic carbocycles. The van der Waals surface area contributed by atoms with Gasteiger partial charge >= 0.3 is 0 Å². The van der Waals surface area contributed by atoms with Crippen molar-refractivity contribution in [2.75, 3.05) is 26.4 Å². The fourth-order valence-electron chi connectivity index (χ4n) is 2.56. The minimum absolute atomic E-state index is 0.0674. The van der Waals surface area contributed by atoms with Crippen LogP contribution in [0.15, 0.2) is 0 Å². The summed E-state index contributed by atoms with van der Waals surface area (Å²) in [6.07, 6.45) is 10.6. The van der Waals surface area contributed by atoms with Crippen LogP contribution in [0.4, 0.5) is 0 Å². The molecule has 2 aliphatic heterocycles. The fourth-order valence-corrected chi connectivity index (χ4v) is 2.56. The quantitative estimate of drug-likeness (QED) is 0.636. The van der Waals surface area contributed by atoms with Crippen molar-refractivity contribution in [3.8, 4) is 0 Å². The molecule has 0 unspecified atom stereocenters. The Balaban J connectivity index is 1.35. The second kappa shape index (κ2) is 9.70. The van der Waals surface area contributed by atoms with E-state index in [1.165, 1.54) is 32.1 Å². The highest BCUT2D eigenvalue weighted by Crippen LogP contribution is 2.16. The van der Waals surface area contributed by atoms with E-state index in [1.54, 1.807) is 0 Å². The van der Waals surface area contributed by atoms with Gasteiger partial charge in [0, 0.05) is 0 Å². The van der Waals surface area contributed by atoms with E-state index >= 15 is 0 Å². The van der Waals surface area contributed by atoms with Crippen LogP contribution in [-0.4, -0.2) is 39.0 Å². The summed E-state index contributed by atoms with van der Waals surface area (Å²) in [5, 5.41) is 0. The third-order valence-corrected chi connectivity index (χ3v) is 3.67. The molecular formula is C15H28O4. The molecule has 112 valence electrons. The zero-order chi connectivity index (χ0) is 13.2. The van der Waals surface area contributed by atoms with Crippen LogP contribution in [0.5, 0.6) is 0 Å². The lowest BCUT2D eigenvalue weighted by molar-refractivity contribution is -0.182. The second-order valence-electron chi connectivity index (χ2n) is 5.39. The van der Waals surface area contributed by atoms with Crippen molar-refractivity contribution in [2.24, 2.45) is 0 Å². The van der Waals surface area contributed by atoms with Crippen molar-refractivity contribution in [3.05, 3.63) is 0 Å². The van der Waals surface area contributed by atoms with Crippen LogP contribution >= 0.6 is 0 Å². The molecule has 0 N–H and O–H groups in total. The maximum atomic E-state index is 5.53. The van der Waals surface area contributed by atoms with Gasteiger partial charge in [-0.05, 0) is 38.5 Å². The summed E-state index contributed by atoms with van der Waals surface area (Å²) >= 11 is 0. The Labute approximate surface area is 116 Å². The molecule has 2 heterocycles. The summed E-state index contributed by atoms with van der Waals surface area (Å²) in [5.41, 5.74) is 0. The second-order valence-corrected chi connectivity index (χ2v) is 5.39. The van der Waals surface area contributed by atoms with Crippen molar-refractivity contribution in [3.63, 3.8) is 0 Å². The molecule has 0 aliphatic carbocycles. The van der Waals surface area contributed by atoms with Crippen LogP contribution in [0.25, 0.3) is 0 Å². The van der Waals surface area contributed by atoms with E-state index in [4.69, 9.17) is 18.9 Å². The molecule has 4 heteroatoms. The molecule has 0 bridgehead atoms. The molecule has 0 saturated carbocycles. The van der Waals surface area contributed by atoms with Crippen molar-refractivity contribution in [1.82, 2.24) is 0 Å². The van der Waals surface area contributed by atoms with Gasteiger partial charge in [0.1, 0.15) is 0 Å². The van der Waals surface area contributed by atoms with Crippen LogP contribution in [0.3, 0.4) is 0 Å². The van der Waals surface area contributed by atoms with Crippen LogP contribution in [0, 0.1) is 0 Å². The normalized spacial score (nSPS) is 22.7. The largest absolute Gasteiger partial charge is 0.353 e. The highest BCUT2D eigenvalue weighted by atomic mass is 16.7. The van der Waals surface area contributed by atoms with E-state index < -0.39 is 0 Å². The molecule has 0 spiro atoms. The van der Waals surface area contributed by atoms with E-state index in [1.807, 2.05) is 0 Å². The molecule has 4 nitrogen and oxygen atoms in total. The number of ether oxygens (including phenoxy) is 4. The Morgan fingerprint density at radius 2 is 0.895 bits per heavy atom. The Bertz CT molecular complexity index is 188. The fraction of sp³-hybridized carbons (Fsp3) is 1.00. The zero-order valence-corrected chi connectivity index (χ0v) is 12.0. The number of rotatable bonds is 8. The highest BCUT2D eigenvalue weighted by Gasteiger charge is 2.14. The van der Waals surface area contributed by atoms with Gasteiger partial charge in [-0.25, -0.2) is 0 Å². The molecule has 2 fully saturated rings. The van der Waals surface area contributed by atoms with Crippen molar-refractivity contribution >= 4 is 0 Å². The average molecular weight is 272 g/mol. The van der Waals surface area contributed by atoms with Crippen LogP contribution in [0.2, 0.25) is 0 Å². The van der Waals surface area contributed by atoms with Gasteiger partial charge < -0.3 is 18.9 Å². The molecule has 0 amide bonds. The molecule has 19 heavy (non-hydrogen) atoms. The SMILES string of the molecule is C(CCCC1OCCCO1)CCCC1OCCCO1. The summed E-state index contributed by atoms with van der Waals surface area (Å²) in [7, 11) is 0. The first kappa shape index (κ1) is 15.2. The predicted molar refractivity (Wildman–Crippen MR) is 72.9 cm³/mol. The lowest BCUT2D eigenvalue weighted by Crippen LogP contribution is -2.24. The standard InChI is InChI=1S/C15H28O4/c1(2-4-8-14-16-10-6-11-17-14)3-5-9-15-18-12-7-13-19-15/h14-15H,1-13H2. The predicted octanol–water partition coefficient (Wildman–Crippen LogP) is 3.24. The molecule has 0 aromatic heterocycles. The van der Waals surface area contributed by atoms with E-state index in [2.05, 4.69) is 0 Å². The minimum Gasteiger partial charge on any atom is -0.353 e. The topological polar surface area (TPSA) is 36.9 Å². The lowest BCUT2D eigenvalue weighted by Gasteiger charge is -2.23. The number of hydrogen-bond acceptors (Lipinski definition) is 4. The van der Waals surface area contributed by atoms with Gasteiger partial charge in [0.05, 0.1) is 26.4 Å². The van der Waals surface area contributed by atoms with Crippen LogP contribution in [0.1, 0.15) is 57.8 Å². The Morgan fingerprint density at radius 1 is 0.526 bits per heavy atom. The first-order valence-electron chi connectivity index (χ1n) is 7.91. The van der Waals surface area contributed by atoms with Gasteiger partial charge in [0.2, 0.25) is 0 Å². The van der Waals surface area contributed by atoms with Crippen molar-refractivity contribution in [1.29, 1.82) is 0 Å². The minimum atomic E-state index is 0.0674. The third-order valence-electron chi connectivity index (χ3n) is 3.67. The van der Waals surface area contributed by atoms with Crippen LogP contribution < -0.4 is 0 Å². The van der Waals surface area contributed by atoms with Gasteiger partial charge in [0.15, 0.2) is 12.6 Å². The summed E-state index contributed by atoms with van der Waals surface area (Å²) in [5.74, 6) is 0. The van der Waals surface area contributed by atoms with Gasteiger partial charge in [-0.3, -0.25) is 0 Å². The molecule has 0 atom stereocenters. The maximum Gasteiger partial charge on any atom is 0.157 e. The molecule has 0 aromatic rings. The van der Waals surface area contributed by atoms with E-state index in [0.29, 0.717) is 0 Å². The van der Waals surface area contributed by atoms with Gasteiger partial charge in [-0.1, -0.05) is 19.3 Å². The van der Waals surface area contributed by atoms with E-state index in [0.717, 1.165) is 52.1 Å². The Hall–Kier alpha value is -0.160. The molecule has 0 radical (unpaired) electrons. The molecule has 2 aliphatic rings. The average Bonchev–Trinajstić information content (AvgIpc) is 2.48. The molecule has 2 rings (SSSR count). The molecule has 2 saturated heterocycles. The lowest BCUT2D eigenvalue weighted by atomic mass is 10.1. The Morgan fingerprint density at radius 3 is 1.32 bits per heavy atom. The van der Waals surface area contributed by atoms with E-state index in [9.17, 15) is 0 Å². The smallest absolute Gasteiger partial charge is 0.157 e. The van der Waals surface area contributed by atoms with Crippen LogP contribution in [-0.2, 0) is 18.9 Å². The van der Waals surface area contributed by atoms with Crippen molar-refractivity contribution < 1.29 is 18.9 Å². The van der Waals surface area contributed by atoms with Gasteiger partial charge in [0.25, 0.3) is 0 Å². The summed E-state index contributed by atoms with van der Waals surface area (Å²) in [4.78, 5) is 0. The van der Waals surface area contributed by atoms with Gasteiger partial charge in [-0.15, -0.1) is 0 Å². The Kier molecular flexibility index (Phi) is 7.78. The monoisotopic (exact) mass is 272 g/mol. The number of hydrogen-bond donors (Lipinski definition) is 0. The first-order valence-corrected chi connectivity index (χ1v) is 7.91.